The molecule has 1 aliphatic heterocycles. The number of aliphatic hydroxyl groups excluding tert-OH is 1. The van der Waals surface area contributed by atoms with Gasteiger partial charge in [0.05, 0.1) is 12.6 Å². The van der Waals surface area contributed by atoms with Gasteiger partial charge >= 0.3 is 0 Å². The molecule has 1 saturated carbocycles. The van der Waals surface area contributed by atoms with Crippen LogP contribution in [0.4, 0.5) is 5.82 Å². The van der Waals surface area contributed by atoms with Crippen LogP contribution in [0.25, 0.3) is 0 Å². The number of guanidine groups is 1. The molecule has 1 aliphatic carbocycles. The van der Waals surface area contributed by atoms with E-state index in [1.165, 1.54) is 12.8 Å². The first-order chi connectivity index (χ1) is 13.1. The molecular formula is C21H35N5O. The van der Waals surface area contributed by atoms with E-state index in [-0.39, 0.29) is 6.10 Å². The molecule has 0 aromatic carbocycles. The number of piperidine rings is 1. The highest BCUT2D eigenvalue weighted by atomic mass is 16.3. The Morgan fingerprint density at radius 2 is 1.93 bits per heavy atom. The van der Waals surface area contributed by atoms with E-state index in [9.17, 15) is 5.11 Å². The summed E-state index contributed by atoms with van der Waals surface area (Å²) >= 11 is 0. The minimum atomic E-state index is -0.129. The van der Waals surface area contributed by atoms with Crippen LogP contribution in [-0.2, 0) is 6.54 Å². The molecule has 2 heterocycles. The predicted molar refractivity (Wildman–Crippen MR) is 111 cm³/mol. The number of aliphatic hydroxyl groups is 1. The maximum atomic E-state index is 9.66. The van der Waals surface area contributed by atoms with E-state index in [1.54, 1.807) is 0 Å². The lowest BCUT2D eigenvalue weighted by atomic mass is 9.93. The van der Waals surface area contributed by atoms with Crippen molar-refractivity contribution >= 4 is 11.8 Å². The number of rotatable bonds is 5. The molecule has 1 aromatic rings. The van der Waals surface area contributed by atoms with Crippen LogP contribution < -0.4 is 15.5 Å². The Morgan fingerprint density at radius 1 is 1.19 bits per heavy atom. The molecule has 3 N–H and O–H groups in total. The Hall–Kier alpha value is -1.82. The van der Waals surface area contributed by atoms with Gasteiger partial charge in [-0.05, 0) is 63.0 Å². The minimum Gasteiger partial charge on any atom is -0.393 e. The van der Waals surface area contributed by atoms with Gasteiger partial charge in [-0.3, -0.25) is 0 Å². The van der Waals surface area contributed by atoms with Crippen molar-refractivity contribution in [1.82, 2.24) is 15.6 Å². The van der Waals surface area contributed by atoms with E-state index >= 15 is 0 Å². The second-order valence-electron chi connectivity index (χ2n) is 8.04. The lowest BCUT2D eigenvalue weighted by molar-refractivity contribution is 0.120. The molecule has 0 spiro atoms. The molecule has 3 rings (SSSR count). The van der Waals surface area contributed by atoms with Crippen molar-refractivity contribution in [2.75, 3.05) is 24.5 Å². The van der Waals surface area contributed by atoms with Gasteiger partial charge in [0, 0.05) is 31.9 Å². The molecule has 0 bridgehead atoms. The van der Waals surface area contributed by atoms with Gasteiger partial charge in [-0.25, -0.2) is 9.98 Å². The van der Waals surface area contributed by atoms with Crippen LogP contribution in [0.15, 0.2) is 23.3 Å². The van der Waals surface area contributed by atoms with Crippen LogP contribution in [0.5, 0.6) is 0 Å². The molecule has 2 fully saturated rings. The summed E-state index contributed by atoms with van der Waals surface area (Å²) in [6, 6.07) is 4.67. The summed E-state index contributed by atoms with van der Waals surface area (Å²) in [5.41, 5.74) is 1.13. The van der Waals surface area contributed by atoms with Crippen LogP contribution in [0.3, 0.4) is 0 Å². The third kappa shape index (κ3) is 6.09. The first kappa shape index (κ1) is 19.9. The first-order valence-corrected chi connectivity index (χ1v) is 10.6. The second kappa shape index (κ2) is 9.93. The molecule has 0 amide bonds. The van der Waals surface area contributed by atoms with Gasteiger partial charge in [0.2, 0.25) is 0 Å². The van der Waals surface area contributed by atoms with Crippen LogP contribution in [0.2, 0.25) is 0 Å². The van der Waals surface area contributed by atoms with Crippen LogP contribution in [0.1, 0.15) is 57.9 Å². The van der Waals surface area contributed by atoms with E-state index in [1.807, 2.05) is 6.20 Å². The zero-order valence-electron chi connectivity index (χ0n) is 16.8. The molecule has 6 heteroatoms. The maximum Gasteiger partial charge on any atom is 0.191 e. The quantitative estimate of drug-likeness (QED) is 0.547. The van der Waals surface area contributed by atoms with E-state index in [4.69, 9.17) is 4.99 Å². The van der Waals surface area contributed by atoms with E-state index < -0.39 is 0 Å². The lowest BCUT2D eigenvalue weighted by Gasteiger charge is -2.31. The average molecular weight is 374 g/mol. The summed E-state index contributed by atoms with van der Waals surface area (Å²) in [5, 5.41) is 16.5. The minimum absolute atomic E-state index is 0.129. The van der Waals surface area contributed by atoms with Crippen molar-refractivity contribution in [2.24, 2.45) is 10.9 Å². The third-order valence-electron chi connectivity index (χ3n) is 5.72. The zero-order chi connectivity index (χ0) is 19.1. The Kier molecular flexibility index (Phi) is 7.33. The summed E-state index contributed by atoms with van der Waals surface area (Å²) in [6.45, 7) is 8.09. The van der Waals surface area contributed by atoms with Gasteiger partial charge in [-0.1, -0.05) is 13.0 Å². The number of hydrogen-bond donors (Lipinski definition) is 3. The fourth-order valence-corrected chi connectivity index (χ4v) is 3.84. The van der Waals surface area contributed by atoms with Crippen molar-refractivity contribution in [3.63, 3.8) is 0 Å². The maximum absolute atomic E-state index is 9.66. The first-order valence-electron chi connectivity index (χ1n) is 10.6. The highest BCUT2D eigenvalue weighted by molar-refractivity contribution is 5.80. The van der Waals surface area contributed by atoms with Crippen LogP contribution >= 0.6 is 0 Å². The predicted octanol–water partition coefficient (Wildman–Crippen LogP) is 2.68. The Labute approximate surface area is 163 Å². The summed E-state index contributed by atoms with van der Waals surface area (Å²) in [5.74, 6) is 2.77. The topological polar surface area (TPSA) is 72.8 Å². The molecule has 1 saturated heterocycles. The van der Waals surface area contributed by atoms with E-state index in [0.717, 1.165) is 68.6 Å². The Morgan fingerprint density at radius 3 is 2.56 bits per heavy atom. The SMILES string of the molecule is CCNC(=NCc1ccc(N2CCC(C)CC2)nc1)NC1CCC(O)CC1. The van der Waals surface area contributed by atoms with Gasteiger partial charge in [0.25, 0.3) is 0 Å². The molecule has 6 nitrogen and oxygen atoms in total. The highest BCUT2D eigenvalue weighted by Gasteiger charge is 2.20. The number of aliphatic imine (C=N–C) groups is 1. The molecule has 1 aromatic heterocycles. The number of nitrogens with one attached hydrogen (secondary N) is 2. The number of pyridine rings is 1. The van der Waals surface area contributed by atoms with Crippen molar-refractivity contribution in [3.8, 4) is 0 Å². The summed E-state index contributed by atoms with van der Waals surface area (Å²) < 4.78 is 0. The smallest absolute Gasteiger partial charge is 0.191 e. The normalized spacial score (nSPS) is 24.7. The second-order valence-corrected chi connectivity index (χ2v) is 8.04. The monoisotopic (exact) mass is 373 g/mol. The molecule has 2 aliphatic rings. The van der Waals surface area contributed by atoms with Gasteiger partial charge in [0.1, 0.15) is 5.82 Å². The van der Waals surface area contributed by atoms with Gasteiger partial charge < -0.3 is 20.6 Å². The largest absolute Gasteiger partial charge is 0.393 e. The van der Waals surface area contributed by atoms with Crippen molar-refractivity contribution in [2.45, 2.75) is 71.1 Å². The molecule has 0 unspecified atom stereocenters. The van der Waals surface area contributed by atoms with Gasteiger partial charge in [-0.2, -0.15) is 0 Å². The average Bonchev–Trinajstić information content (AvgIpc) is 2.69. The highest BCUT2D eigenvalue weighted by Crippen LogP contribution is 2.21. The number of aromatic nitrogens is 1. The van der Waals surface area contributed by atoms with Gasteiger partial charge in [0.15, 0.2) is 5.96 Å². The standard InChI is InChI=1S/C21H35N5O/c1-3-22-21(25-18-5-7-19(27)8-6-18)24-15-17-4-9-20(23-14-17)26-12-10-16(2)11-13-26/h4,9,14,16,18-19,27H,3,5-8,10-13,15H2,1-2H3,(H2,22,24,25). The summed E-state index contributed by atoms with van der Waals surface area (Å²) in [6.07, 6.45) is 8.07. The third-order valence-corrected chi connectivity index (χ3v) is 5.72. The van der Waals surface area contributed by atoms with Gasteiger partial charge in [-0.15, -0.1) is 0 Å². The Bertz CT molecular complexity index is 587. The molecule has 0 radical (unpaired) electrons. The van der Waals surface area contributed by atoms with Crippen LogP contribution in [-0.4, -0.2) is 47.8 Å². The van der Waals surface area contributed by atoms with E-state index in [2.05, 4.69) is 46.5 Å². The summed E-state index contributed by atoms with van der Waals surface area (Å²) in [7, 11) is 0. The van der Waals surface area contributed by atoms with E-state index in [0.29, 0.717) is 12.6 Å². The summed E-state index contributed by atoms with van der Waals surface area (Å²) in [4.78, 5) is 11.8. The lowest BCUT2D eigenvalue weighted by Crippen LogP contribution is -2.45. The molecule has 0 atom stereocenters. The number of nitrogens with zero attached hydrogens (tertiary/aromatic N) is 3. The Balaban J connectivity index is 1.54. The van der Waals surface area contributed by atoms with Crippen molar-refractivity contribution in [3.05, 3.63) is 23.9 Å². The molecule has 150 valence electrons. The van der Waals surface area contributed by atoms with Crippen LogP contribution in [0, 0.1) is 5.92 Å². The number of hydrogen-bond acceptors (Lipinski definition) is 4. The fraction of sp³-hybridized carbons (Fsp3) is 0.714. The molecular weight excluding hydrogens is 338 g/mol. The molecule has 27 heavy (non-hydrogen) atoms. The number of anilines is 1. The van der Waals surface area contributed by atoms with Crippen molar-refractivity contribution < 1.29 is 5.11 Å². The zero-order valence-corrected chi connectivity index (χ0v) is 16.8. The fourth-order valence-electron chi connectivity index (χ4n) is 3.84. The van der Waals surface area contributed by atoms with Crippen molar-refractivity contribution in [1.29, 1.82) is 0 Å².